The average Bonchev–Trinajstić information content (AvgIpc) is 2.00. The summed E-state index contributed by atoms with van der Waals surface area (Å²) >= 11 is 0. The van der Waals surface area contributed by atoms with E-state index in [-0.39, 0.29) is 0 Å². The molecule has 1 heteroatoms. The fourth-order valence-corrected chi connectivity index (χ4v) is 0.712. The summed E-state index contributed by atoms with van der Waals surface area (Å²) in [6.45, 7) is 0.838. The van der Waals surface area contributed by atoms with E-state index in [2.05, 4.69) is 23.2 Å². The van der Waals surface area contributed by atoms with E-state index in [0.29, 0.717) is 0 Å². The standard InChI is InChI=1S/C8H11N/c1-2-4-6-8-9-7-5-3-1/h1-3,5,8H,4,6-7H2. The second-order valence-electron chi connectivity index (χ2n) is 1.98. The van der Waals surface area contributed by atoms with Crippen molar-refractivity contribution in [3.63, 3.8) is 0 Å². The molecule has 48 valence electrons. The van der Waals surface area contributed by atoms with E-state index in [0.717, 1.165) is 19.4 Å². The largest absolute Gasteiger partial charge is 0.293 e. The van der Waals surface area contributed by atoms with Crippen LogP contribution >= 0.6 is 0 Å². The van der Waals surface area contributed by atoms with Crippen molar-refractivity contribution in [1.82, 2.24) is 0 Å². The maximum absolute atomic E-state index is 4.14. The minimum absolute atomic E-state index is 0.838. The Morgan fingerprint density at radius 1 is 1.00 bits per heavy atom. The van der Waals surface area contributed by atoms with Gasteiger partial charge in [-0.2, -0.15) is 0 Å². The number of aliphatic imine (C=N–C) groups is 1. The maximum Gasteiger partial charge on any atom is 0.0569 e. The molecule has 0 aromatic heterocycles. The molecule has 0 spiro atoms. The van der Waals surface area contributed by atoms with E-state index in [1.165, 1.54) is 0 Å². The molecule has 0 radical (unpaired) electrons. The second-order valence-corrected chi connectivity index (χ2v) is 1.98. The Balaban J connectivity index is 2.43. The summed E-state index contributed by atoms with van der Waals surface area (Å²) in [6.07, 6.45) is 12.5. The van der Waals surface area contributed by atoms with Crippen LogP contribution in [0, 0.1) is 0 Å². The molecule has 0 saturated carbocycles. The van der Waals surface area contributed by atoms with Gasteiger partial charge >= 0.3 is 0 Å². The molecule has 0 atom stereocenters. The van der Waals surface area contributed by atoms with Crippen molar-refractivity contribution < 1.29 is 0 Å². The Hall–Kier alpha value is -0.850. The zero-order valence-electron chi connectivity index (χ0n) is 5.46. The molecule has 9 heavy (non-hydrogen) atoms. The molecule has 0 fully saturated rings. The molecule has 0 aromatic carbocycles. The lowest BCUT2D eigenvalue weighted by molar-refractivity contribution is 1.10. The van der Waals surface area contributed by atoms with Crippen LogP contribution < -0.4 is 0 Å². The summed E-state index contributed by atoms with van der Waals surface area (Å²) < 4.78 is 0. The molecule has 1 rings (SSSR count). The van der Waals surface area contributed by atoms with Crippen LogP contribution in [0.15, 0.2) is 29.3 Å². The number of hydrogen-bond donors (Lipinski definition) is 0. The lowest BCUT2D eigenvalue weighted by Gasteiger charge is -1.81. The Morgan fingerprint density at radius 2 is 1.89 bits per heavy atom. The molecule has 0 saturated heterocycles. The van der Waals surface area contributed by atoms with Crippen molar-refractivity contribution in [1.29, 1.82) is 0 Å². The average molecular weight is 121 g/mol. The Bertz CT molecular complexity index is 143. The third-order valence-corrected chi connectivity index (χ3v) is 1.19. The molecule has 1 aliphatic rings. The third-order valence-electron chi connectivity index (χ3n) is 1.19. The number of allylic oxidation sites excluding steroid dienone is 3. The summed E-state index contributed by atoms with van der Waals surface area (Å²) in [7, 11) is 0. The minimum atomic E-state index is 0.838. The van der Waals surface area contributed by atoms with Crippen LogP contribution in [0.4, 0.5) is 0 Å². The molecule has 1 aliphatic heterocycles. The van der Waals surface area contributed by atoms with Gasteiger partial charge in [-0.15, -0.1) is 0 Å². The van der Waals surface area contributed by atoms with Crippen LogP contribution in [0.25, 0.3) is 0 Å². The molecular weight excluding hydrogens is 110 g/mol. The first kappa shape index (κ1) is 6.27. The zero-order chi connectivity index (χ0) is 6.36. The SMILES string of the molecule is C1=CCCC=NCC=C1. The second kappa shape index (κ2) is 4.07. The molecule has 0 aromatic rings. The molecule has 1 nitrogen and oxygen atoms in total. The number of hydrogen-bond acceptors (Lipinski definition) is 1. The van der Waals surface area contributed by atoms with E-state index in [1.54, 1.807) is 0 Å². The topological polar surface area (TPSA) is 12.4 Å². The van der Waals surface area contributed by atoms with Crippen LogP contribution in [0.1, 0.15) is 12.8 Å². The van der Waals surface area contributed by atoms with Gasteiger partial charge in [0.25, 0.3) is 0 Å². The summed E-state index contributed by atoms with van der Waals surface area (Å²) in [6, 6.07) is 0. The lowest BCUT2D eigenvalue weighted by Crippen LogP contribution is -1.74. The Morgan fingerprint density at radius 3 is 2.89 bits per heavy atom. The van der Waals surface area contributed by atoms with Crippen molar-refractivity contribution in [3.05, 3.63) is 24.3 Å². The highest BCUT2D eigenvalue weighted by Gasteiger charge is 1.78. The smallest absolute Gasteiger partial charge is 0.0569 e. The van der Waals surface area contributed by atoms with E-state index in [4.69, 9.17) is 0 Å². The predicted octanol–water partition coefficient (Wildman–Crippen LogP) is 1.96. The van der Waals surface area contributed by atoms with E-state index < -0.39 is 0 Å². The van der Waals surface area contributed by atoms with Crippen LogP contribution in [0.5, 0.6) is 0 Å². The highest BCUT2D eigenvalue weighted by atomic mass is 14.7. The monoisotopic (exact) mass is 121 g/mol. The van der Waals surface area contributed by atoms with E-state index in [1.807, 2.05) is 12.3 Å². The molecule has 1 heterocycles. The number of rotatable bonds is 0. The van der Waals surface area contributed by atoms with Gasteiger partial charge in [0.05, 0.1) is 6.54 Å². The van der Waals surface area contributed by atoms with Gasteiger partial charge in [-0.3, -0.25) is 4.99 Å². The van der Waals surface area contributed by atoms with Gasteiger partial charge in [-0.05, 0) is 19.1 Å². The number of nitrogens with zero attached hydrogens (tertiary/aromatic N) is 1. The van der Waals surface area contributed by atoms with Gasteiger partial charge in [0.15, 0.2) is 0 Å². The fourth-order valence-electron chi connectivity index (χ4n) is 0.712. The summed E-state index contributed by atoms with van der Waals surface area (Å²) in [4.78, 5) is 4.14. The molecule has 0 unspecified atom stereocenters. The van der Waals surface area contributed by atoms with Crippen molar-refractivity contribution in [2.24, 2.45) is 4.99 Å². The minimum Gasteiger partial charge on any atom is -0.293 e. The van der Waals surface area contributed by atoms with Gasteiger partial charge in [0, 0.05) is 0 Å². The van der Waals surface area contributed by atoms with Crippen molar-refractivity contribution in [2.75, 3.05) is 6.54 Å². The first-order chi connectivity index (χ1) is 4.50. The van der Waals surface area contributed by atoms with E-state index in [9.17, 15) is 0 Å². The van der Waals surface area contributed by atoms with Gasteiger partial charge in [-0.1, -0.05) is 24.3 Å². The van der Waals surface area contributed by atoms with Gasteiger partial charge in [0.2, 0.25) is 0 Å². The lowest BCUT2D eigenvalue weighted by atomic mass is 10.3. The van der Waals surface area contributed by atoms with Gasteiger partial charge in [0.1, 0.15) is 0 Å². The first-order valence-corrected chi connectivity index (χ1v) is 3.30. The summed E-state index contributed by atoms with van der Waals surface area (Å²) in [5.74, 6) is 0. The van der Waals surface area contributed by atoms with Crippen LogP contribution in [0.2, 0.25) is 0 Å². The molecule has 0 amide bonds. The van der Waals surface area contributed by atoms with E-state index >= 15 is 0 Å². The highest BCUT2D eigenvalue weighted by molar-refractivity contribution is 5.57. The van der Waals surface area contributed by atoms with Crippen LogP contribution in [0.3, 0.4) is 0 Å². The summed E-state index contributed by atoms with van der Waals surface area (Å²) in [5, 5.41) is 0. The normalized spacial score (nSPS) is 18.7. The Labute approximate surface area is 55.8 Å². The molecule has 0 bridgehead atoms. The first-order valence-electron chi connectivity index (χ1n) is 3.30. The van der Waals surface area contributed by atoms with Crippen molar-refractivity contribution in [3.8, 4) is 0 Å². The molecule has 0 aliphatic carbocycles. The van der Waals surface area contributed by atoms with Crippen LogP contribution in [-0.4, -0.2) is 12.8 Å². The van der Waals surface area contributed by atoms with Gasteiger partial charge < -0.3 is 0 Å². The highest BCUT2D eigenvalue weighted by Crippen LogP contribution is 1.91. The maximum atomic E-state index is 4.14. The van der Waals surface area contributed by atoms with Gasteiger partial charge in [-0.25, -0.2) is 0 Å². The van der Waals surface area contributed by atoms with Crippen molar-refractivity contribution in [2.45, 2.75) is 12.8 Å². The third kappa shape index (κ3) is 2.85. The predicted molar refractivity (Wildman–Crippen MR) is 40.9 cm³/mol. The zero-order valence-corrected chi connectivity index (χ0v) is 5.46. The molecule has 0 N–H and O–H groups in total. The fraction of sp³-hybridized carbons (Fsp3) is 0.375. The Kier molecular flexibility index (Phi) is 2.84. The quantitative estimate of drug-likeness (QED) is 0.464. The molecular formula is C8H11N. The van der Waals surface area contributed by atoms with Crippen LogP contribution in [-0.2, 0) is 0 Å². The van der Waals surface area contributed by atoms with Crippen molar-refractivity contribution >= 4 is 6.21 Å². The summed E-state index contributed by atoms with van der Waals surface area (Å²) in [5.41, 5.74) is 0.